The Hall–Kier alpha value is -2.80. The van der Waals surface area contributed by atoms with Gasteiger partial charge in [-0.1, -0.05) is 43.3 Å². The molecule has 2 aromatic carbocycles. The topological polar surface area (TPSA) is 77.2 Å². The lowest BCUT2D eigenvalue weighted by Crippen LogP contribution is -2.13. The van der Waals surface area contributed by atoms with Crippen molar-refractivity contribution in [1.82, 2.24) is 10.2 Å². The number of hydrogen-bond donors (Lipinski definition) is 1. The zero-order valence-electron chi connectivity index (χ0n) is 15.1. The van der Waals surface area contributed by atoms with E-state index in [2.05, 4.69) is 22.4 Å². The van der Waals surface area contributed by atoms with Crippen LogP contribution in [0.25, 0.3) is 11.5 Å². The monoisotopic (exact) mass is 383 g/mol. The molecule has 6 nitrogen and oxygen atoms in total. The number of unbranched alkanes of at least 4 members (excludes halogenated alkanes) is 1. The van der Waals surface area contributed by atoms with E-state index >= 15 is 0 Å². The van der Waals surface area contributed by atoms with Crippen molar-refractivity contribution in [2.24, 2.45) is 0 Å². The lowest BCUT2D eigenvalue weighted by molar-refractivity contribution is -0.113. The number of ether oxygens (including phenoxy) is 1. The van der Waals surface area contributed by atoms with Crippen LogP contribution in [0.5, 0.6) is 5.75 Å². The van der Waals surface area contributed by atoms with Gasteiger partial charge in [-0.15, -0.1) is 10.2 Å². The molecule has 140 valence electrons. The van der Waals surface area contributed by atoms with Crippen molar-refractivity contribution in [3.05, 3.63) is 54.6 Å². The van der Waals surface area contributed by atoms with Gasteiger partial charge in [0.2, 0.25) is 11.8 Å². The molecular formula is C20H21N3O3S. The maximum atomic E-state index is 12.1. The van der Waals surface area contributed by atoms with Crippen LogP contribution in [0.1, 0.15) is 19.8 Å². The Labute approximate surface area is 162 Å². The Morgan fingerprint density at radius 1 is 1.11 bits per heavy atom. The van der Waals surface area contributed by atoms with E-state index in [0.29, 0.717) is 17.7 Å². The number of thioether (sulfide) groups is 1. The van der Waals surface area contributed by atoms with Crippen LogP contribution < -0.4 is 10.1 Å². The number of anilines is 1. The summed E-state index contributed by atoms with van der Waals surface area (Å²) in [6, 6.07) is 16.9. The van der Waals surface area contributed by atoms with Gasteiger partial charge in [0.25, 0.3) is 5.22 Å². The maximum Gasteiger partial charge on any atom is 0.277 e. The fourth-order valence-electron chi connectivity index (χ4n) is 2.26. The molecule has 0 fully saturated rings. The Morgan fingerprint density at radius 2 is 1.89 bits per heavy atom. The quantitative estimate of drug-likeness (QED) is 0.428. The van der Waals surface area contributed by atoms with Gasteiger partial charge in [0.05, 0.1) is 12.4 Å². The van der Waals surface area contributed by atoms with Crippen molar-refractivity contribution in [2.45, 2.75) is 25.0 Å². The Morgan fingerprint density at radius 3 is 2.63 bits per heavy atom. The standard InChI is InChI=1S/C20H21N3O3S/c1-2-3-13-25-17-11-9-16(10-12-17)21-18(24)14-27-20-23-22-19(26-20)15-7-5-4-6-8-15/h4-12H,2-3,13-14H2,1H3,(H,21,24). The number of carbonyl (C=O) groups is 1. The zero-order valence-corrected chi connectivity index (χ0v) is 15.9. The lowest BCUT2D eigenvalue weighted by atomic mass is 10.2. The summed E-state index contributed by atoms with van der Waals surface area (Å²) < 4.78 is 11.2. The minimum absolute atomic E-state index is 0.140. The number of nitrogens with zero attached hydrogens (tertiary/aromatic N) is 2. The van der Waals surface area contributed by atoms with E-state index in [1.807, 2.05) is 54.6 Å². The van der Waals surface area contributed by atoms with Crippen LogP contribution in [0.15, 0.2) is 64.2 Å². The van der Waals surface area contributed by atoms with Crippen molar-refractivity contribution < 1.29 is 13.9 Å². The van der Waals surface area contributed by atoms with Gasteiger partial charge in [-0.2, -0.15) is 0 Å². The van der Waals surface area contributed by atoms with Crippen LogP contribution in [0, 0.1) is 0 Å². The molecule has 0 unspecified atom stereocenters. The van der Waals surface area contributed by atoms with E-state index in [1.54, 1.807) is 0 Å². The van der Waals surface area contributed by atoms with Crippen LogP contribution >= 0.6 is 11.8 Å². The molecule has 1 amide bonds. The second kappa shape index (κ2) is 9.78. The van der Waals surface area contributed by atoms with Crippen molar-refractivity contribution >= 4 is 23.4 Å². The predicted octanol–water partition coefficient (Wildman–Crippen LogP) is 4.65. The number of benzene rings is 2. The molecular weight excluding hydrogens is 362 g/mol. The first-order valence-electron chi connectivity index (χ1n) is 8.79. The summed E-state index contributed by atoms with van der Waals surface area (Å²) in [5, 5.41) is 11.2. The molecule has 1 heterocycles. The largest absolute Gasteiger partial charge is 0.494 e. The van der Waals surface area contributed by atoms with E-state index in [-0.39, 0.29) is 11.7 Å². The molecule has 0 saturated heterocycles. The number of aromatic nitrogens is 2. The smallest absolute Gasteiger partial charge is 0.277 e. The van der Waals surface area contributed by atoms with Crippen LogP contribution in [-0.4, -0.2) is 28.5 Å². The van der Waals surface area contributed by atoms with E-state index in [1.165, 1.54) is 11.8 Å². The SMILES string of the molecule is CCCCOc1ccc(NC(=O)CSc2nnc(-c3ccccc3)o2)cc1. The first-order valence-corrected chi connectivity index (χ1v) is 9.77. The second-order valence-corrected chi connectivity index (χ2v) is 6.73. The fraction of sp³-hybridized carbons (Fsp3) is 0.250. The summed E-state index contributed by atoms with van der Waals surface area (Å²) in [6.45, 7) is 2.82. The van der Waals surface area contributed by atoms with Crippen molar-refractivity contribution in [3.8, 4) is 17.2 Å². The third kappa shape index (κ3) is 5.86. The van der Waals surface area contributed by atoms with Crippen LogP contribution in [-0.2, 0) is 4.79 Å². The van der Waals surface area contributed by atoms with Crippen molar-refractivity contribution in [1.29, 1.82) is 0 Å². The van der Waals surface area contributed by atoms with Gasteiger partial charge in [0.1, 0.15) is 5.75 Å². The van der Waals surface area contributed by atoms with E-state index in [4.69, 9.17) is 9.15 Å². The van der Waals surface area contributed by atoms with Crippen molar-refractivity contribution in [2.75, 3.05) is 17.7 Å². The summed E-state index contributed by atoms with van der Waals surface area (Å²) in [5.41, 5.74) is 1.57. The van der Waals surface area contributed by atoms with E-state index in [9.17, 15) is 4.79 Å². The molecule has 1 N–H and O–H groups in total. The highest BCUT2D eigenvalue weighted by Crippen LogP contribution is 2.23. The van der Waals surface area contributed by atoms with Gasteiger partial charge < -0.3 is 14.5 Å². The zero-order chi connectivity index (χ0) is 18.9. The van der Waals surface area contributed by atoms with Gasteiger partial charge in [-0.05, 0) is 42.8 Å². The third-order valence-electron chi connectivity index (χ3n) is 3.66. The summed E-state index contributed by atoms with van der Waals surface area (Å²) in [4.78, 5) is 12.1. The first-order chi connectivity index (χ1) is 13.2. The number of hydrogen-bond acceptors (Lipinski definition) is 6. The molecule has 0 bridgehead atoms. The van der Waals surface area contributed by atoms with Crippen LogP contribution in [0.3, 0.4) is 0 Å². The van der Waals surface area contributed by atoms with Crippen LogP contribution in [0.2, 0.25) is 0 Å². The van der Waals surface area contributed by atoms with E-state index in [0.717, 1.165) is 29.8 Å². The number of nitrogens with one attached hydrogen (secondary N) is 1. The molecule has 0 spiro atoms. The summed E-state index contributed by atoms with van der Waals surface area (Å²) >= 11 is 1.20. The Bertz CT molecular complexity index is 850. The van der Waals surface area contributed by atoms with Gasteiger partial charge in [0, 0.05) is 11.3 Å². The molecule has 0 aliphatic heterocycles. The highest BCUT2D eigenvalue weighted by atomic mass is 32.2. The molecule has 27 heavy (non-hydrogen) atoms. The molecule has 0 aliphatic carbocycles. The summed E-state index contributed by atoms with van der Waals surface area (Å²) in [6.07, 6.45) is 2.12. The summed E-state index contributed by atoms with van der Waals surface area (Å²) in [7, 11) is 0. The fourth-order valence-corrected chi connectivity index (χ4v) is 2.82. The third-order valence-corrected chi connectivity index (χ3v) is 4.48. The number of amides is 1. The first kappa shape index (κ1) is 19.0. The molecule has 3 rings (SSSR count). The molecule has 0 aliphatic rings. The normalized spacial score (nSPS) is 10.6. The van der Waals surface area contributed by atoms with E-state index < -0.39 is 0 Å². The second-order valence-electron chi connectivity index (χ2n) is 5.80. The molecule has 1 aromatic heterocycles. The maximum absolute atomic E-state index is 12.1. The van der Waals surface area contributed by atoms with Gasteiger partial charge in [-0.3, -0.25) is 4.79 Å². The molecule has 0 atom stereocenters. The predicted molar refractivity (Wildman–Crippen MR) is 106 cm³/mol. The van der Waals surface area contributed by atoms with Crippen molar-refractivity contribution in [3.63, 3.8) is 0 Å². The van der Waals surface area contributed by atoms with Gasteiger partial charge in [-0.25, -0.2) is 0 Å². The number of rotatable bonds is 9. The van der Waals surface area contributed by atoms with Gasteiger partial charge in [0.15, 0.2) is 0 Å². The molecule has 0 saturated carbocycles. The molecule has 3 aromatic rings. The minimum atomic E-state index is -0.140. The number of carbonyl (C=O) groups excluding carboxylic acids is 1. The van der Waals surface area contributed by atoms with Crippen LogP contribution in [0.4, 0.5) is 5.69 Å². The highest BCUT2D eigenvalue weighted by molar-refractivity contribution is 7.99. The molecule has 0 radical (unpaired) electrons. The average Bonchev–Trinajstić information content (AvgIpc) is 3.18. The Balaban J connectivity index is 1.46. The summed E-state index contributed by atoms with van der Waals surface area (Å²) in [5.74, 6) is 1.29. The lowest BCUT2D eigenvalue weighted by Gasteiger charge is -2.07. The average molecular weight is 383 g/mol. The minimum Gasteiger partial charge on any atom is -0.494 e. The highest BCUT2D eigenvalue weighted by Gasteiger charge is 2.11. The Kier molecular flexibility index (Phi) is 6.87. The molecule has 7 heteroatoms. The van der Waals surface area contributed by atoms with Gasteiger partial charge >= 0.3 is 0 Å².